The van der Waals surface area contributed by atoms with Crippen molar-refractivity contribution < 1.29 is 28.6 Å². The van der Waals surface area contributed by atoms with Gasteiger partial charge in [0.2, 0.25) is 0 Å². The van der Waals surface area contributed by atoms with Crippen molar-refractivity contribution in [1.29, 1.82) is 5.26 Å². The van der Waals surface area contributed by atoms with Gasteiger partial charge in [-0.2, -0.15) is 5.26 Å². The molecule has 8 nitrogen and oxygen atoms in total. The lowest BCUT2D eigenvalue weighted by molar-refractivity contribution is -0.112. The summed E-state index contributed by atoms with van der Waals surface area (Å²) in [4.78, 5) is 38.0. The number of carbonyl (C=O) groups is 3. The van der Waals surface area contributed by atoms with Crippen molar-refractivity contribution in [2.24, 2.45) is 0 Å². The summed E-state index contributed by atoms with van der Waals surface area (Å²) in [5.41, 5.74) is 2.62. The van der Waals surface area contributed by atoms with E-state index in [0.717, 1.165) is 41.7 Å². The number of aromatic carboxylic acids is 1. The average Bonchev–Trinajstić information content (AvgIpc) is 3.46. The Labute approximate surface area is 211 Å². The number of aryl methyl sites for hydroxylation is 2. The third kappa shape index (κ3) is 5.09. The molecule has 1 aliphatic carbocycles. The quantitative estimate of drug-likeness (QED) is 0.243. The van der Waals surface area contributed by atoms with Crippen molar-refractivity contribution in [3.63, 3.8) is 0 Å². The summed E-state index contributed by atoms with van der Waals surface area (Å²) >= 11 is 1.34. The second-order valence-electron chi connectivity index (χ2n) is 8.30. The lowest BCUT2D eigenvalue weighted by atomic mass is 9.95. The molecule has 0 fully saturated rings. The monoisotopic (exact) mass is 504 g/mol. The molecule has 1 aromatic carbocycles. The van der Waals surface area contributed by atoms with Gasteiger partial charge in [-0.15, -0.1) is 11.3 Å². The van der Waals surface area contributed by atoms with Gasteiger partial charge in [0, 0.05) is 16.5 Å². The van der Waals surface area contributed by atoms with Crippen LogP contribution in [0.15, 0.2) is 40.3 Å². The lowest BCUT2D eigenvalue weighted by Gasteiger charge is -2.12. The molecular formula is C27H24N2O6S. The Hall–Kier alpha value is -4.16. The fourth-order valence-electron chi connectivity index (χ4n) is 4.13. The average molecular weight is 505 g/mol. The maximum atomic E-state index is 13.0. The molecule has 9 heteroatoms. The zero-order chi connectivity index (χ0) is 25.8. The van der Waals surface area contributed by atoms with E-state index < -0.39 is 17.8 Å². The minimum absolute atomic E-state index is 0.122. The molecule has 36 heavy (non-hydrogen) atoms. The molecule has 2 heterocycles. The van der Waals surface area contributed by atoms with Gasteiger partial charge in [0.1, 0.15) is 28.2 Å². The van der Waals surface area contributed by atoms with E-state index >= 15 is 0 Å². The fourth-order valence-corrected chi connectivity index (χ4v) is 5.40. The van der Waals surface area contributed by atoms with Crippen molar-refractivity contribution in [3.8, 4) is 17.4 Å². The Morgan fingerprint density at radius 1 is 1.22 bits per heavy atom. The summed E-state index contributed by atoms with van der Waals surface area (Å²) in [5, 5.41) is 22.0. The van der Waals surface area contributed by atoms with Gasteiger partial charge >= 0.3 is 11.9 Å². The van der Waals surface area contributed by atoms with E-state index in [0.29, 0.717) is 21.9 Å². The third-order valence-electron chi connectivity index (χ3n) is 5.91. The molecule has 0 saturated heterocycles. The summed E-state index contributed by atoms with van der Waals surface area (Å²) in [5.74, 6) is -1.53. The molecule has 0 bridgehead atoms. The maximum Gasteiger partial charge on any atom is 0.341 e. The summed E-state index contributed by atoms with van der Waals surface area (Å²) < 4.78 is 11.0. The molecule has 184 valence electrons. The third-order valence-corrected chi connectivity index (χ3v) is 7.11. The van der Waals surface area contributed by atoms with Crippen molar-refractivity contribution >= 4 is 40.3 Å². The SMILES string of the molecule is CCOC(=O)c1c(NC(=O)C(C#N)=Cc2ccc(-c3cc(C(=O)O)ccc3C)o2)sc2c1CCCC2. The minimum Gasteiger partial charge on any atom is -0.478 e. The highest BCUT2D eigenvalue weighted by Gasteiger charge is 2.28. The highest BCUT2D eigenvalue weighted by atomic mass is 32.1. The van der Waals surface area contributed by atoms with Crippen LogP contribution in [-0.2, 0) is 22.4 Å². The van der Waals surface area contributed by atoms with Crippen LogP contribution in [0.4, 0.5) is 5.00 Å². The number of ether oxygens (including phenoxy) is 1. The van der Waals surface area contributed by atoms with Crippen LogP contribution in [0.1, 0.15) is 62.2 Å². The van der Waals surface area contributed by atoms with E-state index in [1.807, 2.05) is 13.0 Å². The molecule has 1 aliphatic rings. The molecule has 2 N–H and O–H groups in total. The first-order valence-electron chi connectivity index (χ1n) is 11.5. The molecule has 0 atom stereocenters. The largest absolute Gasteiger partial charge is 0.478 e. The second-order valence-corrected chi connectivity index (χ2v) is 9.40. The van der Waals surface area contributed by atoms with Gasteiger partial charge in [-0.3, -0.25) is 4.79 Å². The number of nitrogens with zero attached hydrogens (tertiary/aromatic N) is 1. The first-order valence-corrected chi connectivity index (χ1v) is 12.3. The van der Waals surface area contributed by atoms with Crippen LogP contribution < -0.4 is 5.32 Å². The van der Waals surface area contributed by atoms with Crippen LogP contribution in [0.5, 0.6) is 0 Å². The van der Waals surface area contributed by atoms with Crippen LogP contribution in [0.25, 0.3) is 17.4 Å². The zero-order valence-electron chi connectivity index (χ0n) is 19.8. The van der Waals surface area contributed by atoms with Gasteiger partial charge in [-0.05, 0) is 74.9 Å². The number of benzene rings is 1. The van der Waals surface area contributed by atoms with E-state index in [4.69, 9.17) is 9.15 Å². The Kier molecular flexibility index (Phi) is 7.36. The van der Waals surface area contributed by atoms with E-state index in [1.54, 1.807) is 25.1 Å². The Balaban J connectivity index is 1.61. The number of anilines is 1. The smallest absolute Gasteiger partial charge is 0.341 e. The molecular weight excluding hydrogens is 480 g/mol. The standard InChI is InChI=1S/C27H24N2O6S/c1-3-34-27(33)23-19-6-4-5-7-22(19)36-25(23)29-24(30)17(14-28)12-18-10-11-21(35-18)20-13-16(26(31)32)9-8-15(20)2/h8-13H,3-7H2,1-2H3,(H,29,30)(H,31,32). The van der Waals surface area contributed by atoms with Gasteiger partial charge in [0.25, 0.3) is 5.91 Å². The number of esters is 1. The predicted molar refractivity (Wildman–Crippen MR) is 135 cm³/mol. The van der Waals surface area contributed by atoms with Gasteiger partial charge in [0.05, 0.1) is 17.7 Å². The molecule has 0 spiro atoms. The molecule has 2 aromatic heterocycles. The number of hydrogen-bond acceptors (Lipinski definition) is 7. The first kappa shape index (κ1) is 24.9. The van der Waals surface area contributed by atoms with E-state index in [9.17, 15) is 24.8 Å². The number of rotatable bonds is 7. The number of fused-ring (bicyclic) bond motifs is 1. The summed E-state index contributed by atoms with van der Waals surface area (Å²) in [6, 6.07) is 9.85. The molecule has 0 radical (unpaired) electrons. The van der Waals surface area contributed by atoms with Crippen LogP contribution in [0, 0.1) is 18.3 Å². The fraction of sp³-hybridized carbons (Fsp3) is 0.259. The lowest BCUT2D eigenvalue weighted by Crippen LogP contribution is -2.16. The van der Waals surface area contributed by atoms with E-state index in [-0.39, 0.29) is 23.5 Å². The number of furan rings is 1. The summed E-state index contributed by atoms with van der Waals surface area (Å²) in [6.07, 6.45) is 4.87. The van der Waals surface area contributed by atoms with Crippen molar-refractivity contribution in [3.05, 3.63) is 68.8 Å². The normalized spacial score (nSPS) is 13.0. The number of nitriles is 1. The Morgan fingerprint density at radius 3 is 2.72 bits per heavy atom. The zero-order valence-corrected chi connectivity index (χ0v) is 20.7. The second kappa shape index (κ2) is 10.6. The van der Waals surface area contributed by atoms with Gasteiger partial charge in [-0.1, -0.05) is 6.07 Å². The maximum absolute atomic E-state index is 13.0. The van der Waals surface area contributed by atoms with Crippen LogP contribution in [0.2, 0.25) is 0 Å². The number of amides is 1. The number of thiophene rings is 1. The minimum atomic E-state index is -1.05. The highest BCUT2D eigenvalue weighted by molar-refractivity contribution is 7.17. The van der Waals surface area contributed by atoms with Gasteiger partial charge in [0.15, 0.2) is 0 Å². The molecule has 0 aliphatic heterocycles. The molecule has 3 aromatic rings. The number of carboxylic acids is 1. The molecule has 1 amide bonds. The summed E-state index contributed by atoms with van der Waals surface area (Å²) in [6.45, 7) is 3.77. The molecule has 4 rings (SSSR count). The molecule has 0 unspecified atom stereocenters. The van der Waals surface area contributed by atoms with Crippen LogP contribution in [-0.4, -0.2) is 29.6 Å². The number of carbonyl (C=O) groups excluding carboxylic acids is 2. The number of hydrogen-bond donors (Lipinski definition) is 2. The number of carboxylic acid groups (broad SMARTS) is 1. The Bertz CT molecular complexity index is 1420. The van der Waals surface area contributed by atoms with Crippen molar-refractivity contribution in [2.75, 3.05) is 11.9 Å². The van der Waals surface area contributed by atoms with E-state index in [1.165, 1.54) is 29.5 Å². The van der Waals surface area contributed by atoms with Gasteiger partial charge in [-0.25, -0.2) is 9.59 Å². The van der Waals surface area contributed by atoms with E-state index in [2.05, 4.69) is 5.32 Å². The van der Waals surface area contributed by atoms with Crippen molar-refractivity contribution in [2.45, 2.75) is 39.5 Å². The van der Waals surface area contributed by atoms with Crippen LogP contribution in [0.3, 0.4) is 0 Å². The Morgan fingerprint density at radius 2 is 2.00 bits per heavy atom. The predicted octanol–water partition coefficient (Wildman–Crippen LogP) is 5.62. The van der Waals surface area contributed by atoms with Crippen LogP contribution >= 0.6 is 11.3 Å². The van der Waals surface area contributed by atoms with Crippen molar-refractivity contribution in [1.82, 2.24) is 0 Å². The summed E-state index contributed by atoms with van der Waals surface area (Å²) in [7, 11) is 0. The van der Waals surface area contributed by atoms with Gasteiger partial charge < -0.3 is 19.6 Å². The number of nitrogens with one attached hydrogen (secondary N) is 1. The highest BCUT2D eigenvalue weighted by Crippen LogP contribution is 2.39. The first-order chi connectivity index (χ1) is 17.3. The molecule has 0 saturated carbocycles. The topological polar surface area (TPSA) is 130 Å².